The van der Waals surface area contributed by atoms with Crippen molar-refractivity contribution in [3.63, 3.8) is 0 Å². The highest BCUT2D eigenvalue weighted by Gasteiger charge is 2.30. The van der Waals surface area contributed by atoms with Gasteiger partial charge >= 0.3 is 6.18 Å². The van der Waals surface area contributed by atoms with Crippen LogP contribution in [0.3, 0.4) is 0 Å². The second-order valence-corrected chi connectivity index (χ2v) is 7.89. The van der Waals surface area contributed by atoms with Crippen molar-refractivity contribution in [2.45, 2.75) is 19.0 Å². The summed E-state index contributed by atoms with van der Waals surface area (Å²) < 4.78 is 38.5. The van der Waals surface area contributed by atoms with E-state index in [4.69, 9.17) is 0 Å². The van der Waals surface area contributed by atoms with Gasteiger partial charge in [0.05, 0.1) is 14.9 Å². The first-order chi connectivity index (χ1) is 12.7. The molecular weight excluding hydrogens is 441 g/mol. The number of ketones is 1. The number of thiophene rings is 1. The third-order valence-corrected chi connectivity index (χ3v) is 5.84. The van der Waals surface area contributed by atoms with Crippen LogP contribution in [-0.4, -0.2) is 10.9 Å². The standard InChI is InChI=1S/C20H14BrF3O2S/c21-15-11-12(1-7-16(15)25)2-8-17(26)19-10-9-18(27-19)13-3-5-14(6-4-13)20(22,23)24/h1,3-7,9-11,25H,2,8H2. The van der Waals surface area contributed by atoms with Gasteiger partial charge in [0.2, 0.25) is 0 Å². The lowest BCUT2D eigenvalue weighted by Crippen LogP contribution is -2.03. The first-order valence-electron chi connectivity index (χ1n) is 8.02. The highest BCUT2D eigenvalue weighted by molar-refractivity contribution is 9.10. The lowest BCUT2D eigenvalue weighted by molar-refractivity contribution is -0.137. The Morgan fingerprint density at radius 1 is 1.04 bits per heavy atom. The summed E-state index contributed by atoms with van der Waals surface area (Å²) in [5.41, 5.74) is 0.876. The molecule has 0 saturated carbocycles. The van der Waals surface area contributed by atoms with Crippen molar-refractivity contribution in [2.24, 2.45) is 0 Å². The normalized spacial score (nSPS) is 11.6. The van der Waals surface area contributed by atoms with Gasteiger partial charge in [-0.05, 0) is 69.9 Å². The molecule has 0 radical (unpaired) electrons. The lowest BCUT2D eigenvalue weighted by Gasteiger charge is -2.06. The molecule has 1 aromatic heterocycles. The number of aryl methyl sites for hydroxylation is 1. The van der Waals surface area contributed by atoms with E-state index in [1.165, 1.54) is 23.5 Å². The van der Waals surface area contributed by atoms with Crippen LogP contribution in [0, 0.1) is 0 Å². The van der Waals surface area contributed by atoms with Gasteiger partial charge in [-0.2, -0.15) is 13.2 Å². The molecule has 0 saturated heterocycles. The Bertz CT molecular complexity index is 962. The fraction of sp³-hybridized carbons (Fsp3) is 0.150. The first kappa shape index (κ1) is 19.6. The smallest absolute Gasteiger partial charge is 0.416 e. The number of rotatable bonds is 5. The van der Waals surface area contributed by atoms with Gasteiger partial charge in [0.15, 0.2) is 5.78 Å². The molecule has 0 aliphatic carbocycles. The number of halogens is 4. The lowest BCUT2D eigenvalue weighted by atomic mass is 10.1. The summed E-state index contributed by atoms with van der Waals surface area (Å²) in [6.07, 6.45) is -3.52. The van der Waals surface area contributed by atoms with E-state index in [9.17, 15) is 23.1 Å². The Balaban J connectivity index is 1.67. The SMILES string of the molecule is O=C(CCc1ccc(O)c(Br)c1)c1ccc(-c2ccc(C(F)(F)F)cc2)s1. The largest absolute Gasteiger partial charge is 0.507 e. The van der Waals surface area contributed by atoms with Gasteiger partial charge in [-0.3, -0.25) is 4.79 Å². The number of carbonyl (C=O) groups is 1. The van der Waals surface area contributed by atoms with Gasteiger partial charge in [0.25, 0.3) is 0 Å². The molecule has 0 aliphatic rings. The topological polar surface area (TPSA) is 37.3 Å². The fourth-order valence-corrected chi connectivity index (χ4v) is 3.96. The van der Waals surface area contributed by atoms with Crippen LogP contribution in [0.1, 0.15) is 27.2 Å². The van der Waals surface area contributed by atoms with E-state index in [0.29, 0.717) is 27.8 Å². The minimum absolute atomic E-state index is 0.0256. The second-order valence-electron chi connectivity index (χ2n) is 5.95. The molecule has 27 heavy (non-hydrogen) atoms. The van der Waals surface area contributed by atoms with E-state index >= 15 is 0 Å². The van der Waals surface area contributed by atoms with Gasteiger partial charge < -0.3 is 5.11 Å². The number of hydrogen-bond acceptors (Lipinski definition) is 3. The van der Waals surface area contributed by atoms with Crippen molar-refractivity contribution < 1.29 is 23.1 Å². The summed E-state index contributed by atoms with van der Waals surface area (Å²) in [6, 6.07) is 13.5. The monoisotopic (exact) mass is 454 g/mol. The molecular formula is C20H14BrF3O2S. The highest BCUT2D eigenvalue weighted by atomic mass is 79.9. The number of carbonyl (C=O) groups excluding carboxylic acids is 1. The van der Waals surface area contributed by atoms with E-state index in [0.717, 1.165) is 22.6 Å². The van der Waals surface area contributed by atoms with Crippen molar-refractivity contribution in [3.8, 4) is 16.2 Å². The summed E-state index contributed by atoms with van der Waals surface area (Å²) in [5.74, 6) is 0.117. The van der Waals surface area contributed by atoms with Crippen LogP contribution < -0.4 is 0 Å². The van der Waals surface area contributed by atoms with Gasteiger partial charge in [-0.25, -0.2) is 0 Å². The number of Topliss-reactive ketones (excluding diaryl/α,β-unsaturated/α-hetero) is 1. The number of phenols is 1. The average Bonchev–Trinajstić information content (AvgIpc) is 3.12. The Kier molecular flexibility index (Phi) is 5.72. The number of alkyl halides is 3. The zero-order valence-corrected chi connectivity index (χ0v) is 16.3. The Morgan fingerprint density at radius 2 is 1.74 bits per heavy atom. The molecule has 0 atom stereocenters. The first-order valence-corrected chi connectivity index (χ1v) is 9.63. The highest BCUT2D eigenvalue weighted by Crippen LogP contribution is 2.33. The quantitative estimate of drug-likeness (QED) is 0.434. The van der Waals surface area contributed by atoms with E-state index in [2.05, 4.69) is 15.9 Å². The number of hydrogen-bond donors (Lipinski definition) is 1. The van der Waals surface area contributed by atoms with Gasteiger partial charge in [0.1, 0.15) is 5.75 Å². The van der Waals surface area contributed by atoms with Crippen LogP contribution in [0.5, 0.6) is 5.75 Å². The number of phenolic OH excluding ortho intramolecular Hbond substituents is 1. The minimum Gasteiger partial charge on any atom is -0.507 e. The third kappa shape index (κ3) is 4.78. The molecule has 0 amide bonds. The summed E-state index contributed by atoms with van der Waals surface area (Å²) in [4.78, 5) is 13.7. The maximum atomic E-state index is 12.6. The van der Waals surface area contributed by atoms with Gasteiger partial charge in [-0.15, -0.1) is 11.3 Å². The van der Waals surface area contributed by atoms with Gasteiger partial charge in [-0.1, -0.05) is 18.2 Å². The predicted molar refractivity (Wildman–Crippen MR) is 103 cm³/mol. The molecule has 3 rings (SSSR count). The van der Waals surface area contributed by atoms with Crippen LogP contribution in [0.15, 0.2) is 59.1 Å². The van der Waals surface area contributed by atoms with E-state index in [1.54, 1.807) is 30.3 Å². The van der Waals surface area contributed by atoms with Crippen LogP contribution in [-0.2, 0) is 12.6 Å². The molecule has 7 heteroatoms. The molecule has 2 aromatic carbocycles. The van der Waals surface area contributed by atoms with Crippen molar-refractivity contribution in [2.75, 3.05) is 0 Å². The van der Waals surface area contributed by atoms with Crippen molar-refractivity contribution in [1.29, 1.82) is 0 Å². The van der Waals surface area contributed by atoms with E-state index in [1.807, 2.05) is 0 Å². The molecule has 1 heterocycles. The van der Waals surface area contributed by atoms with Crippen LogP contribution in [0.25, 0.3) is 10.4 Å². The van der Waals surface area contributed by atoms with Crippen LogP contribution >= 0.6 is 27.3 Å². The van der Waals surface area contributed by atoms with Crippen LogP contribution in [0.2, 0.25) is 0 Å². The minimum atomic E-state index is -4.36. The molecule has 0 spiro atoms. The van der Waals surface area contributed by atoms with Gasteiger partial charge in [0, 0.05) is 11.3 Å². The molecule has 0 fully saturated rings. The Labute approximate surface area is 166 Å². The van der Waals surface area contributed by atoms with Crippen LogP contribution in [0.4, 0.5) is 13.2 Å². The molecule has 140 valence electrons. The van der Waals surface area contributed by atoms with Crippen molar-refractivity contribution >= 4 is 33.0 Å². The predicted octanol–water partition coefficient (Wildman–Crippen LogP) is 6.72. The Hall–Kier alpha value is -2.12. The van der Waals surface area contributed by atoms with E-state index < -0.39 is 11.7 Å². The van der Waals surface area contributed by atoms with Crippen molar-refractivity contribution in [3.05, 3.63) is 75.1 Å². The number of benzene rings is 2. The Morgan fingerprint density at radius 3 is 2.37 bits per heavy atom. The van der Waals surface area contributed by atoms with E-state index in [-0.39, 0.29) is 11.5 Å². The molecule has 0 bridgehead atoms. The summed E-state index contributed by atoms with van der Waals surface area (Å²) in [6.45, 7) is 0. The molecule has 3 aromatic rings. The second kappa shape index (κ2) is 7.86. The maximum Gasteiger partial charge on any atom is 0.416 e. The molecule has 0 aliphatic heterocycles. The molecule has 1 N–H and O–H groups in total. The summed E-state index contributed by atoms with van der Waals surface area (Å²) in [5, 5.41) is 9.50. The maximum absolute atomic E-state index is 12.6. The molecule has 0 unspecified atom stereocenters. The zero-order valence-electron chi connectivity index (χ0n) is 13.9. The summed E-state index contributed by atoms with van der Waals surface area (Å²) >= 11 is 4.51. The fourth-order valence-electron chi connectivity index (χ4n) is 2.55. The summed E-state index contributed by atoms with van der Waals surface area (Å²) in [7, 11) is 0. The zero-order chi connectivity index (χ0) is 19.6. The molecule has 2 nitrogen and oxygen atoms in total. The third-order valence-electron chi connectivity index (χ3n) is 4.03. The average molecular weight is 455 g/mol. The van der Waals surface area contributed by atoms with Crippen molar-refractivity contribution in [1.82, 2.24) is 0 Å². The number of aromatic hydroxyl groups is 1.